The third kappa shape index (κ3) is 2.16. The summed E-state index contributed by atoms with van der Waals surface area (Å²) in [6.07, 6.45) is 0. The molecule has 1 fully saturated rings. The van der Waals surface area contributed by atoms with Crippen LogP contribution in [0.4, 0.5) is 5.95 Å². The van der Waals surface area contributed by atoms with Gasteiger partial charge in [0.15, 0.2) is 0 Å². The molecule has 108 valence electrons. The van der Waals surface area contributed by atoms with Gasteiger partial charge in [0.25, 0.3) is 0 Å². The molecular weight excluding hydrogens is 254 g/mol. The van der Waals surface area contributed by atoms with E-state index in [1.807, 2.05) is 29.8 Å². The first-order valence-corrected chi connectivity index (χ1v) is 7.04. The van der Waals surface area contributed by atoms with Gasteiger partial charge in [0.1, 0.15) is 11.3 Å². The maximum atomic E-state index is 6.12. The number of anilines is 1. The smallest absolute Gasteiger partial charge is 0.220 e. The average molecular weight is 275 g/mol. The van der Waals surface area contributed by atoms with Gasteiger partial charge in [-0.15, -0.1) is 0 Å². The molecule has 1 aromatic carbocycles. The molecule has 1 aliphatic heterocycles. The van der Waals surface area contributed by atoms with E-state index in [1.54, 1.807) is 0 Å². The molecule has 2 N–H and O–H groups in total. The van der Waals surface area contributed by atoms with E-state index in [1.165, 1.54) is 0 Å². The van der Waals surface area contributed by atoms with Gasteiger partial charge in [0.05, 0.1) is 12.1 Å². The number of imidazole rings is 1. The number of fused-ring (bicyclic) bond motifs is 1. The van der Waals surface area contributed by atoms with Gasteiger partial charge in [-0.25, -0.2) is 9.66 Å². The zero-order valence-electron chi connectivity index (χ0n) is 12.0. The molecule has 1 saturated heterocycles. The highest BCUT2D eigenvalue weighted by Gasteiger charge is 2.20. The highest BCUT2D eigenvalue weighted by atomic mass is 16.5. The first-order valence-electron chi connectivity index (χ1n) is 7.04. The molecule has 0 aliphatic carbocycles. The van der Waals surface area contributed by atoms with E-state index in [2.05, 4.69) is 21.9 Å². The first-order chi connectivity index (χ1) is 9.70. The van der Waals surface area contributed by atoms with E-state index in [0.717, 1.165) is 43.0 Å². The van der Waals surface area contributed by atoms with Crippen LogP contribution in [-0.2, 0) is 0 Å². The summed E-state index contributed by atoms with van der Waals surface area (Å²) < 4.78 is 7.65. The number of likely N-dealkylation sites (N-methyl/N-ethyl adjacent to an activating group) is 1. The highest BCUT2D eigenvalue weighted by Crippen LogP contribution is 2.27. The van der Waals surface area contributed by atoms with E-state index >= 15 is 0 Å². The van der Waals surface area contributed by atoms with Crippen molar-refractivity contribution in [2.24, 2.45) is 0 Å². The van der Waals surface area contributed by atoms with Crippen LogP contribution in [0.15, 0.2) is 18.2 Å². The predicted molar refractivity (Wildman–Crippen MR) is 80.8 cm³/mol. The number of para-hydroxylation sites is 1. The Bertz CT molecular complexity index is 601. The third-order valence-corrected chi connectivity index (χ3v) is 3.71. The van der Waals surface area contributed by atoms with Gasteiger partial charge in [-0.3, -0.25) is 0 Å². The third-order valence-electron chi connectivity index (χ3n) is 3.71. The van der Waals surface area contributed by atoms with Gasteiger partial charge in [0, 0.05) is 26.2 Å². The van der Waals surface area contributed by atoms with Crippen molar-refractivity contribution >= 4 is 17.0 Å². The van der Waals surface area contributed by atoms with E-state index in [-0.39, 0.29) is 0 Å². The van der Waals surface area contributed by atoms with Crippen molar-refractivity contribution in [2.75, 3.05) is 50.6 Å². The lowest BCUT2D eigenvalue weighted by molar-refractivity contribution is 0.290. The molecular formula is C14H21N5O. The van der Waals surface area contributed by atoms with Gasteiger partial charge in [0.2, 0.25) is 5.95 Å². The highest BCUT2D eigenvalue weighted by molar-refractivity contribution is 5.84. The zero-order valence-corrected chi connectivity index (χ0v) is 12.0. The molecule has 2 aromatic rings. The summed E-state index contributed by atoms with van der Waals surface area (Å²) in [5.41, 5.74) is 7.98. The lowest BCUT2D eigenvalue weighted by Gasteiger charge is -2.35. The minimum atomic E-state index is 0.525. The molecule has 1 aromatic heterocycles. The zero-order chi connectivity index (χ0) is 14.1. The Morgan fingerprint density at radius 2 is 2.00 bits per heavy atom. The molecule has 0 atom stereocenters. The van der Waals surface area contributed by atoms with Crippen molar-refractivity contribution in [3.05, 3.63) is 18.2 Å². The molecule has 6 nitrogen and oxygen atoms in total. The normalized spacial score (nSPS) is 16.8. The molecule has 2 heterocycles. The summed E-state index contributed by atoms with van der Waals surface area (Å²) in [7, 11) is 2.14. The van der Waals surface area contributed by atoms with Crippen LogP contribution in [-0.4, -0.2) is 54.4 Å². The number of nitrogens with zero attached hydrogens (tertiary/aromatic N) is 4. The Kier molecular flexibility index (Phi) is 3.40. The van der Waals surface area contributed by atoms with Crippen molar-refractivity contribution in [2.45, 2.75) is 6.92 Å². The molecule has 0 radical (unpaired) electrons. The number of hydrogen-bond donors (Lipinski definition) is 1. The van der Waals surface area contributed by atoms with E-state index in [0.29, 0.717) is 12.6 Å². The Hall–Kier alpha value is -1.95. The van der Waals surface area contributed by atoms with E-state index in [9.17, 15) is 0 Å². The van der Waals surface area contributed by atoms with Gasteiger partial charge in [-0.1, -0.05) is 6.07 Å². The van der Waals surface area contributed by atoms with Gasteiger partial charge in [-0.05, 0) is 26.1 Å². The van der Waals surface area contributed by atoms with Crippen LogP contribution in [0.5, 0.6) is 5.75 Å². The molecule has 6 heteroatoms. The van der Waals surface area contributed by atoms with Crippen LogP contribution < -0.4 is 15.5 Å². The summed E-state index contributed by atoms with van der Waals surface area (Å²) in [6, 6.07) is 5.97. The maximum absolute atomic E-state index is 6.12. The van der Waals surface area contributed by atoms with Crippen LogP contribution in [0.25, 0.3) is 11.0 Å². The molecule has 0 saturated carbocycles. The van der Waals surface area contributed by atoms with Crippen molar-refractivity contribution < 1.29 is 4.74 Å². The Labute approximate surface area is 118 Å². The van der Waals surface area contributed by atoms with Gasteiger partial charge < -0.3 is 20.4 Å². The van der Waals surface area contributed by atoms with Crippen molar-refractivity contribution in [1.29, 1.82) is 0 Å². The van der Waals surface area contributed by atoms with Crippen molar-refractivity contribution in [3.8, 4) is 5.75 Å². The number of ether oxygens (including phenoxy) is 1. The fourth-order valence-electron chi connectivity index (χ4n) is 2.64. The molecule has 0 bridgehead atoms. The number of aromatic nitrogens is 2. The number of nitrogen functional groups attached to an aromatic ring is 1. The van der Waals surface area contributed by atoms with Crippen LogP contribution in [0.3, 0.4) is 0 Å². The summed E-state index contributed by atoms with van der Waals surface area (Å²) in [6.45, 7) is 6.56. The minimum absolute atomic E-state index is 0.525. The number of piperazine rings is 1. The molecule has 3 rings (SSSR count). The number of hydrogen-bond acceptors (Lipinski definition) is 5. The summed E-state index contributed by atoms with van der Waals surface area (Å²) >= 11 is 0. The van der Waals surface area contributed by atoms with Crippen molar-refractivity contribution in [1.82, 2.24) is 14.6 Å². The van der Waals surface area contributed by atoms with Crippen LogP contribution in [0.2, 0.25) is 0 Å². The second-order valence-electron chi connectivity index (χ2n) is 5.10. The van der Waals surface area contributed by atoms with Gasteiger partial charge >= 0.3 is 0 Å². The number of rotatable bonds is 3. The summed E-state index contributed by atoms with van der Waals surface area (Å²) in [4.78, 5) is 6.80. The van der Waals surface area contributed by atoms with Crippen LogP contribution in [0, 0.1) is 0 Å². The number of benzene rings is 1. The largest absolute Gasteiger partial charge is 0.492 e. The fraction of sp³-hybridized carbons (Fsp3) is 0.500. The number of nitrogens with two attached hydrogens (primary N) is 1. The molecule has 20 heavy (non-hydrogen) atoms. The predicted octanol–water partition coefficient (Wildman–Crippen LogP) is 0.901. The standard InChI is InChI=1S/C14H21N5O/c1-3-20-12-6-4-5-11-13(12)16-14(15)19(11)18-9-7-17(2)8-10-18/h4-6H,3,7-10H2,1-2H3,(H2,15,16). The topological polar surface area (TPSA) is 59.6 Å². The second-order valence-corrected chi connectivity index (χ2v) is 5.10. The van der Waals surface area contributed by atoms with Crippen LogP contribution in [0.1, 0.15) is 6.92 Å². The van der Waals surface area contributed by atoms with E-state index in [4.69, 9.17) is 10.5 Å². The minimum Gasteiger partial charge on any atom is -0.492 e. The Morgan fingerprint density at radius 3 is 2.70 bits per heavy atom. The maximum Gasteiger partial charge on any atom is 0.220 e. The second kappa shape index (κ2) is 5.20. The fourth-order valence-corrected chi connectivity index (χ4v) is 2.64. The molecule has 1 aliphatic rings. The quantitative estimate of drug-likeness (QED) is 0.902. The Balaban J connectivity index is 2.02. The monoisotopic (exact) mass is 275 g/mol. The van der Waals surface area contributed by atoms with Crippen molar-refractivity contribution in [3.63, 3.8) is 0 Å². The van der Waals surface area contributed by atoms with Gasteiger partial charge in [-0.2, -0.15) is 0 Å². The Morgan fingerprint density at radius 1 is 1.25 bits per heavy atom. The van der Waals surface area contributed by atoms with Crippen LogP contribution >= 0.6 is 0 Å². The first kappa shape index (κ1) is 13.1. The summed E-state index contributed by atoms with van der Waals surface area (Å²) in [5.74, 6) is 1.32. The SMILES string of the molecule is CCOc1cccc2c1nc(N)n2N1CCN(C)CC1. The molecule has 0 amide bonds. The average Bonchev–Trinajstić information content (AvgIpc) is 2.78. The molecule has 0 spiro atoms. The lowest BCUT2D eigenvalue weighted by atomic mass is 10.3. The molecule has 0 unspecified atom stereocenters. The summed E-state index contributed by atoms with van der Waals surface area (Å²) in [5, 5.41) is 2.25. The van der Waals surface area contributed by atoms with E-state index < -0.39 is 0 Å². The lowest BCUT2D eigenvalue weighted by Crippen LogP contribution is -2.50.